The van der Waals surface area contributed by atoms with E-state index in [1.54, 1.807) is 23.5 Å². The fourth-order valence-corrected chi connectivity index (χ4v) is 3.71. The summed E-state index contributed by atoms with van der Waals surface area (Å²) >= 11 is 3.22. The summed E-state index contributed by atoms with van der Waals surface area (Å²) in [6.07, 6.45) is 2.09. The first-order valence-corrected chi connectivity index (χ1v) is 8.97. The number of rotatable bonds is 7. The second-order valence-corrected chi connectivity index (χ2v) is 7.29. The Morgan fingerprint density at radius 1 is 1.00 bits per heavy atom. The molecule has 0 spiro atoms. The van der Waals surface area contributed by atoms with Crippen molar-refractivity contribution in [3.05, 3.63) is 56.6 Å². The zero-order chi connectivity index (χ0) is 16.8. The maximum Gasteiger partial charge on any atom is 0.226 e. The lowest BCUT2D eigenvalue weighted by atomic mass is 10.4. The number of hydrogen-bond donors (Lipinski definition) is 2. The van der Waals surface area contributed by atoms with Crippen LogP contribution < -0.4 is 10.9 Å². The van der Waals surface area contributed by atoms with Crippen LogP contribution in [0.2, 0.25) is 0 Å². The summed E-state index contributed by atoms with van der Waals surface area (Å²) in [6.45, 7) is 2.04. The van der Waals surface area contributed by atoms with Gasteiger partial charge < -0.3 is 19.0 Å². The van der Waals surface area contributed by atoms with E-state index in [0.29, 0.717) is 28.3 Å². The van der Waals surface area contributed by atoms with E-state index < -0.39 is 22.4 Å². The molecule has 1 atom stereocenters. The van der Waals surface area contributed by atoms with Gasteiger partial charge >= 0.3 is 0 Å². The van der Waals surface area contributed by atoms with Crippen LogP contribution in [0, 0.1) is 0 Å². The summed E-state index contributed by atoms with van der Waals surface area (Å²) < 4.78 is 10.3. The van der Waals surface area contributed by atoms with Gasteiger partial charge in [0.15, 0.2) is 11.5 Å². The quantitative estimate of drug-likeness (QED) is 0.780. The first kappa shape index (κ1) is 17.6. The summed E-state index contributed by atoms with van der Waals surface area (Å²) in [7, 11) is 0. The highest BCUT2D eigenvalue weighted by atomic mass is 32.2. The average molecular weight is 356 g/mol. The third-order valence-corrected chi connectivity index (χ3v) is 5.46. The van der Waals surface area contributed by atoms with E-state index in [0.717, 1.165) is 18.3 Å². The maximum absolute atomic E-state index is 11.3. The number of aromatic hydroxyl groups is 2. The topological polar surface area (TPSA) is 101 Å². The van der Waals surface area contributed by atoms with Crippen molar-refractivity contribution in [2.75, 3.05) is 5.75 Å². The molecule has 2 N–H and O–H groups in total. The lowest BCUT2D eigenvalue weighted by Gasteiger charge is -2.10. The van der Waals surface area contributed by atoms with Gasteiger partial charge in [-0.1, -0.05) is 6.92 Å². The molecule has 124 valence electrons. The maximum atomic E-state index is 11.3. The lowest BCUT2D eigenvalue weighted by molar-refractivity contribution is 0.419. The molecule has 0 fully saturated rings. The summed E-state index contributed by atoms with van der Waals surface area (Å²) in [6, 6.07) is 2.57. The Balaban J connectivity index is 1.75. The van der Waals surface area contributed by atoms with Crippen molar-refractivity contribution in [1.29, 1.82) is 0 Å². The molecule has 8 heteroatoms. The largest absolute Gasteiger partial charge is 0.502 e. The smallest absolute Gasteiger partial charge is 0.226 e. The highest BCUT2D eigenvalue weighted by molar-refractivity contribution is 8.02. The summed E-state index contributed by atoms with van der Waals surface area (Å²) in [5.74, 6) is 2.13. The van der Waals surface area contributed by atoms with Gasteiger partial charge in [0.25, 0.3) is 0 Å². The Bertz CT molecular complexity index is 767. The first-order valence-electron chi connectivity index (χ1n) is 6.76. The molecule has 0 aliphatic heterocycles. The van der Waals surface area contributed by atoms with Crippen LogP contribution in [0.15, 0.2) is 43.1 Å². The number of thioether (sulfide) groups is 2. The standard InChI is InChI=1S/C15H16O6S2/c1-9(23-8-11-3-13(17)15(19)5-21-11)6-22-7-10-2-12(16)14(18)4-20-10/h2-5,9,18-19H,6-8H2,1H3. The van der Waals surface area contributed by atoms with E-state index in [1.165, 1.54) is 12.1 Å². The van der Waals surface area contributed by atoms with Crippen LogP contribution in [0.3, 0.4) is 0 Å². The summed E-state index contributed by atoms with van der Waals surface area (Å²) in [5.41, 5.74) is -0.895. The van der Waals surface area contributed by atoms with Gasteiger partial charge in [-0.3, -0.25) is 9.59 Å². The van der Waals surface area contributed by atoms with E-state index >= 15 is 0 Å². The molecule has 6 nitrogen and oxygen atoms in total. The molecule has 2 heterocycles. The van der Waals surface area contributed by atoms with Crippen LogP contribution in [0.5, 0.6) is 11.5 Å². The minimum atomic E-state index is -0.448. The van der Waals surface area contributed by atoms with Crippen molar-refractivity contribution in [2.45, 2.75) is 23.7 Å². The predicted molar refractivity (Wildman–Crippen MR) is 90.2 cm³/mol. The minimum Gasteiger partial charge on any atom is -0.502 e. The molecule has 0 aromatic carbocycles. The second kappa shape index (κ2) is 8.16. The number of hydrogen-bond acceptors (Lipinski definition) is 8. The van der Waals surface area contributed by atoms with Crippen LogP contribution in [-0.4, -0.2) is 21.2 Å². The first-order chi connectivity index (χ1) is 11.0. The van der Waals surface area contributed by atoms with Crippen molar-refractivity contribution in [1.82, 2.24) is 0 Å². The van der Waals surface area contributed by atoms with E-state index in [-0.39, 0.29) is 0 Å². The third kappa shape index (κ3) is 5.40. The van der Waals surface area contributed by atoms with Crippen molar-refractivity contribution in [2.24, 2.45) is 0 Å². The Morgan fingerprint density at radius 2 is 1.52 bits per heavy atom. The fraction of sp³-hybridized carbons (Fsp3) is 0.333. The van der Waals surface area contributed by atoms with E-state index in [9.17, 15) is 9.59 Å². The van der Waals surface area contributed by atoms with Crippen molar-refractivity contribution in [3.8, 4) is 11.5 Å². The highest BCUT2D eigenvalue weighted by Gasteiger charge is 2.08. The van der Waals surface area contributed by atoms with Gasteiger partial charge in [-0.05, 0) is 0 Å². The zero-order valence-corrected chi connectivity index (χ0v) is 14.0. The zero-order valence-electron chi connectivity index (χ0n) is 12.4. The Hall–Kier alpha value is -1.80. The molecule has 0 amide bonds. The molecular weight excluding hydrogens is 340 g/mol. The fourth-order valence-electron chi connectivity index (χ4n) is 1.64. The molecule has 2 aromatic rings. The average Bonchev–Trinajstić information content (AvgIpc) is 2.52. The predicted octanol–water partition coefficient (Wildman–Crippen LogP) is 2.56. The molecule has 0 aliphatic carbocycles. The van der Waals surface area contributed by atoms with Gasteiger partial charge in [0.2, 0.25) is 10.9 Å². The minimum absolute atomic E-state index is 0.294. The lowest BCUT2D eigenvalue weighted by Crippen LogP contribution is -2.04. The molecule has 2 rings (SSSR count). The normalized spacial score (nSPS) is 12.2. The van der Waals surface area contributed by atoms with E-state index in [2.05, 4.69) is 0 Å². The van der Waals surface area contributed by atoms with Gasteiger partial charge in [0, 0.05) is 23.1 Å². The molecule has 0 bridgehead atoms. The van der Waals surface area contributed by atoms with Crippen LogP contribution in [-0.2, 0) is 11.5 Å². The molecule has 0 radical (unpaired) electrons. The SMILES string of the molecule is CC(CSCc1cc(=O)c(O)co1)SCc1cc(=O)c(O)co1. The van der Waals surface area contributed by atoms with Crippen LogP contribution in [0.4, 0.5) is 0 Å². The monoisotopic (exact) mass is 356 g/mol. The Morgan fingerprint density at radius 3 is 2.04 bits per heavy atom. The summed E-state index contributed by atoms with van der Waals surface area (Å²) in [4.78, 5) is 22.6. The summed E-state index contributed by atoms with van der Waals surface area (Å²) in [5, 5.41) is 18.5. The molecule has 0 saturated heterocycles. The third-order valence-electron chi connectivity index (χ3n) is 2.84. The molecule has 1 unspecified atom stereocenters. The second-order valence-electron chi connectivity index (χ2n) is 4.83. The molecule has 0 saturated carbocycles. The van der Waals surface area contributed by atoms with E-state index in [1.807, 2.05) is 6.92 Å². The van der Waals surface area contributed by atoms with Gasteiger partial charge in [-0.15, -0.1) is 11.8 Å². The van der Waals surface area contributed by atoms with Crippen molar-refractivity contribution in [3.63, 3.8) is 0 Å². The van der Waals surface area contributed by atoms with Gasteiger partial charge in [-0.2, -0.15) is 11.8 Å². The van der Waals surface area contributed by atoms with Gasteiger partial charge in [0.05, 0.1) is 11.5 Å². The van der Waals surface area contributed by atoms with Crippen molar-refractivity contribution >= 4 is 23.5 Å². The van der Waals surface area contributed by atoms with E-state index in [4.69, 9.17) is 19.0 Å². The molecule has 23 heavy (non-hydrogen) atoms. The van der Waals surface area contributed by atoms with Crippen LogP contribution in [0.25, 0.3) is 0 Å². The van der Waals surface area contributed by atoms with Crippen LogP contribution >= 0.6 is 23.5 Å². The molecule has 0 aliphatic rings. The van der Waals surface area contributed by atoms with Crippen LogP contribution in [0.1, 0.15) is 18.4 Å². The Labute approximate surface area is 140 Å². The van der Waals surface area contributed by atoms with Crippen molar-refractivity contribution < 1.29 is 19.0 Å². The highest BCUT2D eigenvalue weighted by Crippen LogP contribution is 2.23. The molecular formula is C15H16O6S2. The Kier molecular flexibility index (Phi) is 6.23. The molecule has 2 aromatic heterocycles. The van der Waals surface area contributed by atoms with Gasteiger partial charge in [-0.25, -0.2) is 0 Å². The van der Waals surface area contributed by atoms with Gasteiger partial charge in [0.1, 0.15) is 24.0 Å².